The predicted octanol–water partition coefficient (Wildman–Crippen LogP) is 2.12. The van der Waals surface area contributed by atoms with Crippen molar-refractivity contribution in [2.75, 3.05) is 19.6 Å². The molecular weight excluding hydrogens is 326 g/mol. The maximum absolute atomic E-state index is 12.3. The second-order valence-corrected chi connectivity index (χ2v) is 6.10. The van der Waals surface area contributed by atoms with Crippen LogP contribution in [0.15, 0.2) is 30.9 Å². The van der Waals surface area contributed by atoms with Gasteiger partial charge >= 0.3 is 0 Å². The van der Waals surface area contributed by atoms with Crippen molar-refractivity contribution in [3.63, 3.8) is 0 Å². The molecule has 0 bridgehead atoms. The van der Waals surface area contributed by atoms with E-state index in [1.807, 2.05) is 25.1 Å². The van der Waals surface area contributed by atoms with Gasteiger partial charge in [-0.2, -0.15) is 5.10 Å². The first kappa shape index (κ1) is 18.4. The van der Waals surface area contributed by atoms with Crippen molar-refractivity contribution < 1.29 is 4.79 Å². The van der Waals surface area contributed by atoms with E-state index >= 15 is 0 Å². The first-order chi connectivity index (χ1) is 11.2. The molecular formula is C17H24ClN5O. The lowest BCUT2D eigenvalue weighted by molar-refractivity contribution is 0.0950. The van der Waals surface area contributed by atoms with E-state index in [1.54, 1.807) is 11.0 Å². The van der Waals surface area contributed by atoms with E-state index in [2.05, 4.69) is 20.7 Å². The molecule has 1 aromatic heterocycles. The molecule has 1 fully saturated rings. The summed E-state index contributed by atoms with van der Waals surface area (Å²) >= 11 is 0. The SMILES string of the molecule is Cc1cc(C(=O)NCCC2CCCNC2)ccc1-n1cncn1.Cl. The molecule has 6 nitrogen and oxygen atoms in total. The molecule has 1 amide bonds. The van der Waals surface area contributed by atoms with Gasteiger partial charge in [-0.25, -0.2) is 9.67 Å². The Bertz CT molecular complexity index is 653. The van der Waals surface area contributed by atoms with Crippen LogP contribution in [0.3, 0.4) is 0 Å². The van der Waals surface area contributed by atoms with Crippen LogP contribution in [0.2, 0.25) is 0 Å². The van der Waals surface area contributed by atoms with Crippen LogP contribution in [-0.2, 0) is 0 Å². The van der Waals surface area contributed by atoms with E-state index in [0.29, 0.717) is 11.5 Å². The Morgan fingerprint density at radius 2 is 2.33 bits per heavy atom. The Morgan fingerprint density at radius 3 is 3.00 bits per heavy atom. The van der Waals surface area contributed by atoms with E-state index in [1.165, 1.54) is 19.2 Å². The Balaban J connectivity index is 0.00000208. The molecule has 7 heteroatoms. The van der Waals surface area contributed by atoms with Crippen molar-refractivity contribution in [2.24, 2.45) is 5.92 Å². The highest BCUT2D eigenvalue weighted by Gasteiger charge is 2.14. The summed E-state index contributed by atoms with van der Waals surface area (Å²) in [6, 6.07) is 5.64. The standard InChI is InChI=1S/C17H23N5O.ClH/c1-13-9-15(4-5-16(13)22-12-19-11-21-22)17(23)20-8-6-14-3-2-7-18-10-14;/h4-5,9,11-12,14,18H,2-3,6-8,10H2,1H3,(H,20,23);1H. The fraction of sp³-hybridized carbons (Fsp3) is 0.471. The monoisotopic (exact) mass is 349 g/mol. The quantitative estimate of drug-likeness (QED) is 0.867. The first-order valence-electron chi connectivity index (χ1n) is 8.18. The highest BCUT2D eigenvalue weighted by molar-refractivity contribution is 5.94. The molecule has 1 unspecified atom stereocenters. The van der Waals surface area contributed by atoms with Crippen LogP contribution in [0.4, 0.5) is 0 Å². The topological polar surface area (TPSA) is 71.8 Å². The van der Waals surface area contributed by atoms with E-state index in [4.69, 9.17) is 0 Å². The number of benzene rings is 1. The summed E-state index contributed by atoms with van der Waals surface area (Å²) in [5.41, 5.74) is 2.63. The summed E-state index contributed by atoms with van der Waals surface area (Å²) in [4.78, 5) is 16.2. The number of aromatic nitrogens is 3. The van der Waals surface area contributed by atoms with Crippen molar-refractivity contribution in [3.05, 3.63) is 42.0 Å². The maximum Gasteiger partial charge on any atom is 0.251 e. The Labute approximate surface area is 148 Å². The van der Waals surface area contributed by atoms with Crippen molar-refractivity contribution in [3.8, 4) is 5.69 Å². The molecule has 24 heavy (non-hydrogen) atoms. The normalized spacial score (nSPS) is 17.1. The van der Waals surface area contributed by atoms with Gasteiger partial charge in [-0.05, 0) is 69.0 Å². The lowest BCUT2D eigenvalue weighted by atomic mass is 9.96. The summed E-state index contributed by atoms with van der Waals surface area (Å²) in [5, 5.41) is 10.6. The molecule has 0 spiro atoms. The zero-order chi connectivity index (χ0) is 16.1. The number of piperidine rings is 1. The van der Waals surface area contributed by atoms with E-state index in [9.17, 15) is 4.79 Å². The van der Waals surface area contributed by atoms with Crippen molar-refractivity contribution >= 4 is 18.3 Å². The fourth-order valence-electron chi connectivity index (χ4n) is 3.05. The minimum Gasteiger partial charge on any atom is -0.352 e. The molecule has 2 aromatic rings. The van der Waals surface area contributed by atoms with Crippen LogP contribution in [-0.4, -0.2) is 40.3 Å². The minimum absolute atomic E-state index is 0. The number of hydrogen-bond donors (Lipinski definition) is 2. The zero-order valence-corrected chi connectivity index (χ0v) is 14.7. The molecule has 1 aromatic carbocycles. The maximum atomic E-state index is 12.3. The minimum atomic E-state index is -0.0120. The summed E-state index contributed by atoms with van der Waals surface area (Å²) in [6.07, 6.45) is 6.69. The highest BCUT2D eigenvalue weighted by Crippen LogP contribution is 2.15. The molecule has 0 saturated carbocycles. The molecule has 1 aliphatic heterocycles. The van der Waals surface area contributed by atoms with Gasteiger partial charge in [0.05, 0.1) is 5.69 Å². The largest absolute Gasteiger partial charge is 0.352 e. The molecule has 130 valence electrons. The third-order valence-corrected chi connectivity index (χ3v) is 4.36. The van der Waals surface area contributed by atoms with Crippen molar-refractivity contribution in [1.29, 1.82) is 0 Å². The van der Waals surface area contributed by atoms with Gasteiger partial charge in [0.15, 0.2) is 0 Å². The van der Waals surface area contributed by atoms with Crippen molar-refractivity contribution in [1.82, 2.24) is 25.4 Å². The number of aryl methyl sites for hydroxylation is 1. The highest BCUT2D eigenvalue weighted by atomic mass is 35.5. The van der Waals surface area contributed by atoms with Gasteiger partial charge in [0.1, 0.15) is 12.7 Å². The number of amides is 1. The number of rotatable bonds is 5. The number of halogens is 1. The average Bonchev–Trinajstić information content (AvgIpc) is 3.10. The molecule has 0 aliphatic carbocycles. The van der Waals surface area contributed by atoms with Gasteiger partial charge in [-0.3, -0.25) is 4.79 Å². The van der Waals surface area contributed by atoms with Crippen LogP contribution in [0, 0.1) is 12.8 Å². The third kappa shape index (κ3) is 4.55. The van der Waals surface area contributed by atoms with E-state index in [-0.39, 0.29) is 18.3 Å². The molecule has 0 radical (unpaired) electrons. The van der Waals surface area contributed by atoms with Gasteiger partial charge in [0.2, 0.25) is 0 Å². The molecule has 1 aliphatic rings. The number of nitrogens with one attached hydrogen (secondary N) is 2. The van der Waals surface area contributed by atoms with E-state index < -0.39 is 0 Å². The summed E-state index contributed by atoms with van der Waals surface area (Å²) < 4.78 is 1.70. The fourth-order valence-corrected chi connectivity index (χ4v) is 3.05. The molecule has 1 saturated heterocycles. The number of carbonyl (C=O) groups excluding carboxylic acids is 1. The molecule has 2 N–H and O–H groups in total. The Kier molecular flexibility index (Phi) is 6.75. The van der Waals surface area contributed by atoms with Crippen LogP contribution in [0.5, 0.6) is 0 Å². The van der Waals surface area contributed by atoms with Gasteiger partial charge in [-0.15, -0.1) is 12.4 Å². The van der Waals surface area contributed by atoms with Gasteiger partial charge < -0.3 is 10.6 Å². The van der Waals surface area contributed by atoms with Gasteiger partial charge in [-0.1, -0.05) is 0 Å². The Hall–Kier alpha value is -1.92. The first-order valence-corrected chi connectivity index (χ1v) is 8.18. The van der Waals surface area contributed by atoms with Crippen molar-refractivity contribution in [2.45, 2.75) is 26.2 Å². The van der Waals surface area contributed by atoms with Crippen LogP contribution in [0.25, 0.3) is 5.69 Å². The molecule has 3 rings (SSSR count). The number of hydrogen-bond acceptors (Lipinski definition) is 4. The molecule has 1 atom stereocenters. The predicted molar refractivity (Wildman–Crippen MR) is 95.9 cm³/mol. The third-order valence-electron chi connectivity index (χ3n) is 4.36. The summed E-state index contributed by atoms with van der Waals surface area (Å²) in [5.74, 6) is 0.669. The van der Waals surface area contributed by atoms with Crippen LogP contribution in [0.1, 0.15) is 35.2 Å². The van der Waals surface area contributed by atoms with Crippen LogP contribution >= 0.6 is 12.4 Å². The number of nitrogens with zero attached hydrogens (tertiary/aromatic N) is 3. The number of carbonyl (C=O) groups is 1. The summed E-state index contributed by atoms with van der Waals surface area (Å²) in [7, 11) is 0. The summed E-state index contributed by atoms with van der Waals surface area (Å²) in [6.45, 7) is 4.90. The zero-order valence-electron chi connectivity index (χ0n) is 13.9. The van der Waals surface area contributed by atoms with Gasteiger partial charge in [0.25, 0.3) is 5.91 Å². The van der Waals surface area contributed by atoms with Gasteiger partial charge in [0, 0.05) is 12.1 Å². The second-order valence-electron chi connectivity index (χ2n) is 6.10. The van der Waals surface area contributed by atoms with E-state index in [0.717, 1.165) is 37.3 Å². The second kappa shape index (κ2) is 8.80. The van der Waals surface area contributed by atoms with Crippen LogP contribution < -0.4 is 10.6 Å². The molecule has 2 heterocycles. The lowest BCUT2D eigenvalue weighted by Crippen LogP contribution is -2.33. The average molecular weight is 350 g/mol. The smallest absolute Gasteiger partial charge is 0.251 e. The Morgan fingerprint density at radius 1 is 1.46 bits per heavy atom. The lowest BCUT2D eigenvalue weighted by Gasteiger charge is -2.22.